The largest absolute Gasteiger partial charge is 0.489 e. The molecule has 1 aromatic heterocycles. The molecule has 176 valence electrons. The summed E-state index contributed by atoms with van der Waals surface area (Å²) >= 11 is 0. The van der Waals surface area contributed by atoms with Gasteiger partial charge in [0.25, 0.3) is 6.01 Å². The number of amides is 1. The minimum atomic E-state index is -0.628. The van der Waals surface area contributed by atoms with Crippen molar-refractivity contribution in [3.8, 4) is 5.75 Å². The second kappa shape index (κ2) is 9.94. The predicted octanol–water partition coefficient (Wildman–Crippen LogP) is 5.93. The first kappa shape index (κ1) is 24.1. The number of anilines is 1. The molecule has 0 aliphatic rings. The van der Waals surface area contributed by atoms with E-state index in [9.17, 15) is 9.18 Å². The van der Waals surface area contributed by atoms with Gasteiger partial charge in [0, 0.05) is 18.2 Å². The fourth-order valence-electron chi connectivity index (χ4n) is 3.04. The van der Waals surface area contributed by atoms with Crippen molar-refractivity contribution in [1.82, 2.24) is 10.3 Å². The number of rotatable bonds is 8. The van der Waals surface area contributed by atoms with E-state index in [1.54, 1.807) is 39.0 Å². The average molecular weight is 456 g/mol. The summed E-state index contributed by atoms with van der Waals surface area (Å²) < 4.78 is 29.9. The topological polar surface area (TPSA) is 85.6 Å². The summed E-state index contributed by atoms with van der Waals surface area (Å²) in [7, 11) is 0. The van der Waals surface area contributed by atoms with Crippen LogP contribution in [-0.4, -0.2) is 29.8 Å². The standard InChI is InChI=1S/C25H30FN3O4/c1-24(2,3)33-23(30)27-15-17(14-26)16-31-19-11-12-20-21(13-19)32-22(28-20)29-25(4,5)18-9-7-6-8-10-18/h6-14H,15-16H2,1-5H3,(H,27,30)(H,28,29)/b17-14+. The molecule has 3 aromatic rings. The fraction of sp³-hybridized carbons (Fsp3) is 0.360. The summed E-state index contributed by atoms with van der Waals surface area (Å²) in [4.78, 5) is 16.2. The first-order valence-electron chi connectivity index (χ1n) is 10.7. The molecule has 1 amide bonds. The zero-order chi connectivity index (χ0) is 24.1. The third kappa shape index (κ3) is 6.97. The van der Waals surface area contributed by atoms with Crippen LogP contribution in [0.1, 0.15) is 40.2 Å². The van der Waals surface area contributed by atoms with Gasteiger partial charge in [-0.3, -0.25) is 0 Å². The summed E-state index contributed by atoms with van der Waals surface area (Å²) in [6, 6.07) is 15.6. The van der Waals surface area contributed by atoms with Crippen molar-refractivity contribution in [3.63, 3.8) is 0 Å². The number of hydrogen-bond acceptors (Lipinski definition) is 6. The molecule has 0 atom stereocenters. The monoisotopic (exact) mass is 455 g/mol. The van der Waals surface area contributed by atoms with Crippen LogP contribution in [0.4, 0.5) is 15.2 Å². The minimum absolute atomic E-state index is 0.0292. The molecule has 33 heavy (non-hydrogen) atoms. The number of fused-ring (bicyclic) bond motifs is 1. The van der Waals surface area contributed by atoms with E-state index in [0.29, 0.717) is 29.2 Å². The van der Waals surface area contributed by atoms with Crippen LogP contribution < -0.4 is 15.4 Å². The number of halogens is 1. The Balaban J connectivity index is 1.60. The number of carbonyl (C=O) groups is 1. The number of benzene rings is 2. The fourth-order valence-corrected chi connectivity index (χ4v) is 3.04. The van der Waals surface area contributed by atoms with Gasteiger partial charge in [0.05, 0.1) is 11.9 Å². The van der Waals surface area contributed by atoms with Crippen LogP contribution in [0.25, 0.3) is 11.1 Å². The van der Waals surface area contributed by atoms with Crippen LogP contribution in [0, 0.1) is 0 Å². The van der Waals surface area contributed by atoms with Crippen molar-refractivity contribution in [1.29, 1.82) is 0 Å². The predicted molar refractivity (Wildman–Crippen MR) is 126 cm³/mol. The van der Waals surface area contributed by atoms with Crippen molar-refractivity contribution in [2.75, 3.05) is 18.5 Å². The first-order valence-corrected chi connectivity index (χ1v) is 10.7. The Hall–Kier alpha value is -3.55. The summed E-state index contributed by atoms with van der Waals surface area (Å²) in [6.45, 7) is 9.28. The molecule has 2 aromatic carbocycles. The van der Waals surface area contributed by atoms with Gasteiger partial charge in [-0.05, 0) is 52.3 Å². The molecular weight excluding hydrogens is 425 g/mol. The Labute approximate surface area is 193 Å². The Morgan fingerprint density at radius 3 is 2.52 bits per heavy atom. The number of nitrogens with zero attached hydrogens (tertiary/aromatic N) is 1. The van der Waals surface area contributed by atoms with E-state index in [4.69, 9.17) is 13.9 Å². The van der Waals surface area contributed by atoms with Crippen molar-refractivity contribution in [3.05, 3.63) is 66.0 Å². The van der Waals surface area contributed by atoms with Crippen LogP contribution >= 0.6 is 0 Å². The Bertz CT molecular complexity index is 1120. The average Bonchev–Trinajstić information content (AvgIpc) is 3.14. The molecular formula is C25H30FN3O4. The molecule has 0 bridgehead atoms. The molecule has 0 unspecified atom stereocenters. The van der Waals surface area contributed by atoms with Gasteiger partial charge in [-0.15, -0.1) is 0 Å². The van der Waals surface area contributed by atoms with Crippen LogP contribution in [0.2, 0.25) is 0 Å². The molecule has 0 saturated carbocycles. The number of carbonyl (C=O) groups excluding carboxylic acids is 1. The molecule has 8 heteroatoms. The highest BCUT2D eigenvalue weighted by atomic mass is 19.1. The number of ether oxygens (including phenoxy) is 2. The number of alkyl carbamates (subject to hydrolysis) is 1. The Morgan fingerprint density at radius 1 is 1.12 bits per heavy atom. The Kier molecular flexibility index (Phi) is 7.26. The van der Waals surface area contributed by atoms with E-state index in [0.717, 1.165) is 5.56 Å². The third-order valence-electron chi connectivity index (χ3n) is 4.71. The van der Waals surface area contributed by atoms with Crippen molar-refractivity contribution in [2.24, 2.45) is 0 Å². The van der Waals surface area contributed by atoms with E-state index >= 15 is 0 Å². The van der Waals surface area contributed by atoms with Gasteiger partial charge >= 0.3 is 6.09 Å². The van der Waals surface area contributed by atoms with Crippen LogP contribution in [0.5, 0.6) is 5.75 Å². The number of aromatic nitrogens is 1. The normalized spacial score (nSPS) is 12.5. The molecule has 2 N–H and O–H groups in total. The maximum absolute atomic E-state index is 13.2. The summed E-state index contributed by atoms with van der Waals surface area (Å²) in [5.41, 5.74) is 1.55. The SMILES string of the molecule is CC(C)(C)OC(=O)NC/C(=C\F)COc1ccc2nc(NC(C)(C)c3ccccc3)oc2c1. The smallest absolute Gasteiger partial charge is 0.407 e. The summed E-state index contributed by atoms with van der Waals surface area (Å²) in [5, 5.41) is 5.83. The summed E-state index contributed by atoms with van der Waals surface area (Å²) in [5.74, 6) is 0.490. The van der Waals surface area contributed by atoms with Gasteiger partial charge in [-0.25, -0.2) is 9.18 Å². The van der Waals surface area contributed by atoms with Crippen LogP contribution in [0.15, 0.2) is 64.9 Å². The van der Waals surface area contributed by atoms with E-state index < -0.39 is 11.7 Å². The highest BCUT2D eigenvalue weighted by Crippen LogP contribution is 2.29. The summed E-state index contributed by atoms with van der Waals surface area (Å²) in [6.07, 6.45) is -0.207. The molecule has 0 fully saturated rings. The lowest BCUT2D eigenvalue weighted by atomic mass is 9.95. The third-order valence-corrected chi connectivity index (χ3v) is 4.71. The quantitative estimate of drug-likeness (QED) is 0.438. The molecule has 0 aliphatic heterocycles. The van der Waals surface area contributed by atoms with Crippen LogP contribution in [-0.2, 0) is 10.3 Å². The Morgan fingerprint density at radius 2 is 1.85 bits per heavy atom. The van der Waals surface area contributed by atoms with Crippen molar-refractivity contribution >= 4 is 23.2 Å². The van der Waals surface area contributed by atoms with Gasteiger partial charge in [0.15, 0.2) is 5.58 Å². The number of nitrogens with one attached hydrogen (secondary N) is 2. The van der Waals surface area contributed by atoms with E-state index in [2.05, 4.69) is 15.6 Å². The lowest BCUT2D eigenvalue weighted by molar-refractivity contribution is 0.0531. The molecule has 0 spiro atoms. The maximum atomic E-state index is 13.2. The van der Waals surface area contributed by atoms with E-state index in [-0.39, 0.29) is 24.3 Å². The highest BCUT2D eigenvalue weighted by molar-refractivity contribution is 5.76. The molecule has 7 nitrogen and oxygen atoms in total. The molecule has 1 heterocycles. The molecule has 0 aliphatic carbocycles. The number of hydrogen-bond donors (Lipinski definition) is 2. The zero-order valence-corrected chi connectivity index (χ0v) is 19.6. The van der Waals surface area contributed by atoms with Crippen LogP contribution in [0.3, 0.4) is 0 Å². The second-order valence-corrected chi connectivity index (χ2v) is 9.18. The lowest BCUT2D eigenvalue weighted by Crippen LogP contribution is -2.34. The zero-order valence-electron chi connectivity index (χ0n) is 19.6. The highest BCUT2D eigenvalue weighted by Gasteiger charge is 2.22. The van der Waals surface area contributed by atoms with Gasteiger partial charge in [0.2, 0.25) is 0 Å². The van der Waals surface area contributed by atoms with Gasteiger partial charge in [-0.1, -0.05) is 30.3 Å². The van der Waals surface area contributed by atoms with Gasteiger partial charge in [0.1, 0.15) is 23.5 Å². The lowest BCUT2D eigenvalue weighted by Gasteiger charge is -2.25. The molecule has 3 rings (SSSR count). The first-order chi connectivity index (χ1) is 15.6. The molecule has 0 radical (unpaired) electrons. The van der Waals surface area contributed by atoms with Gasteiger partial charge in [-0.2, -0.15) is 4.98 Å². The number of oxazole rings is 1. The van der Waals surface area contributed by atoms with Crippen molar-refractivity contribution in [2.45, 2.75) is 45.8 Å². The van der Waals surface area contributed by atoms with E-state index in [1.165, 1.54) is 0 Å². The second-order valence-electron chi connectivity index (χ2n) is 9.18. The van der Waals surface area contributed by atoms with Gasteiger partial charge < -0.3 is 24.5 Å². The maximum Gasteiger partial charge on any atom is 0.407 e. The minimum Gasteiger partial charge on any atom is -0.489 e. The van der Waals surface area contributed by atoms with Crippen molar-refractivity contribution < 1.29 is 23.1 Å². The van der Waals surface area contributed by atoms with E-state index in [1.807, 2.05) is 44.2 Å². The molecule has 0 saturated heterocycles.